The van der Waals surface area contributed by atoms with Crippen molar-refractivity contribution in [1.29, 1.82) is 0 Å². The van der Waals surface area contributed by atoms with Gasteiger partial charge in [-0.3, -0.25) is 0 Å². The van der Waals surface area contributed by atoms with Gasteiger partial charge in [0.1, 0.15) is 5.75 Å². The highest BCUT2D eigenvalue weighted by atomic mass is 32.2. The summed E-state index contributed by atoms with van der Waals surface area (Å²) in [5.74, 6) is -0.626. The molecule has 0 radical (unpaired) electrons. The van der Waals surface area contributed by atoms with Crippen LogP contribution in [0.25, 0.3) is 6.08 Å². The van der Waals surface area contributed by atoms with Crippen molar-refractivity contribution in [2.75, 3.05) is 13.2 Å². The van der Waals surface area contributed by atoms with E-state index in [0.29, 0.717) is 18.8 Å². The highest BCUT2D eigenvalue weighted by molar-refractivity contribution is 7.88. The van der Waals surface area contributed by atoms with E-state index < -0.39 is 21.4 Å². The van der Waals surface area contributed by atoms with Gasteiger partial charge in [0.25, 0.3) is 0 Å². The zero-order chi connectivity index (χ0) is 20.9. The highest BCUT2D eigenvalue weighted by Crippen LogP contribution is 2.55. The van der Waals surface area contributed by atoms with Crippen LogP contribution in [-0.4, -0.2) is 32.9 Å². The van der Waals surface area contributed by atoms with Crippen molar-refractivity contribution in [3.05, 3.63) is 35.4 Å². The summed E-state index contributed by atoms with van der Waals surface area (Å²) in [7, 11) is -5.70. The van der Waals surface area contributed by atoms with E-state index in [1.54, 1.807) is 6.07 Å². The van der Waals surface area contributed by atoms with E-state index in [1.165, 1.54) is 12.1 Å². The van der Waals surface area contributed by atoms with Crippen molar-refractivity contribution in [3.8, 4) is 5.75 Å². The van der Waals surface area contributed by atoms with Gasteiger partial charge in [-0.15, -0.1) is 0 Å². The molecule has 1 aliphatic heterocycles. The van der Waals surface area contributed by atoms with E-state index in [-0.39, 0.29) is 17.1 Å². The van der Waals surface area contributed by atoms with Crippen LogP contribution in [0.1, 0.15) is 50.2 Å². The third-order valence-corrected chi connectivity index (χ3v) is 7.48. The number of rotatable bonds is 3. The largest absolute Gasteiger partial charge is 0.534 e. The SMILES string of the molecule is CCC12CCC3(CC1CC=Cc1cc(OS(=O)(=O)C(F)(F)F)ccc12)OCCO3. The first-order valence-electron chi connectivity index (χ1n) is 9.71. The normalized spacial score (nSPS) is 28.6. The lowest BCUT2D eigenvalue weighted by molar-refractivity contribution is -0.198. The molecule has 1 aromatic rings. The molecule has 29 heavy (non-hydrogen) atoms. The van der Waals surface area contributed by atoms with Crippen LogP contribution in [0.5, 0.6) is 5.75 Å². The molecule has 0 N–H and O–H groups in total. The summed E-state index contributed by atoms with van der Waals surface area (Å²) in [5, 5.41) is 0. The third kappa shape index (κ3) is 3.47. The van der Waals surface area contributed by atoms with Gasteiger partial charge in [-0.25, -0.2) is 0 Å². The summed E-state index contributed by atoms with van der Waals surface area (Å²) >= 11 is 0. The number of hydrogen-bond donors (Lipinski definition) is 0. The predicted molar refractivity (Wildman–Crippen MR) is 99.6 cm³/mol. The minimum absolute atomic E-state index is 0.180. The smallest absolute Gasteiger partial charge is 0.376 e. The number of benzene rings is 1. The van der Waals surface area contributed by atoms with Crippen LogP contribution < -0.4 is 4.18 Å². The minimum Gasteiger partial charge on any atom is -0.376 e. The van der Waals surface area contributed by atoms with E-state index in [0.717, 1.165) is 37.7 Å². The summed E-state index contributed by atoms with van der Waals surface area (Å²) < 4.78 is 76.8. The maximum Gasteiger partial charge on any atom is 0.534 e. The van der Waals surface area contributed by atoms with Gasteiger partial charge in [-0.1, -0.05) is 25.1 Å². The number of ether oxygens (including phenoxy) is 2. The monoisotopic (exact) mass is 432 g/mol. The summed E-state index contributed by atoms with van der Waals surface area (Å²) in [6.45, 7) is 3.29. The highest BCUT2D eigenvalue weighted by Gasteiger charge is 2.52. The van der Waals surface area contributed by atoms with E-state index >= 15 is 0 Å². The van der Waals surface area contributed by atoms with Gasteiger partial charge in [-0.05, 0) is 53.9 Å². The Morgan fingerprint density at radius 1 is 1.21 bits per heavy atom. The molecule has 1 heterocycles. The summed E-state index contributed by atoms with van der Waals surface area (Å²) in [6, 6.07) is 4.39. The number of allylic oxidation sites excluding steroid dienone is 1. The molecule has 1 aromatic carbocycles. The molecule has 0 amide bonds. The number of alkyl halides is 3. The molecule has 2 atom stereocenters. The molecular weight excluding hydrogens is 409 g/mol. The van der Waals surface area contributed by atoms with Crippen LogP contribution >= 0.6 is 0 Å². The van der Waals surface area contributed by atoms with E-state index in [9.17, 15) is 21.6 Å². The first kappa shape index (κ1) is 20.7. The van der Waals surface area contributed by atoms with Gasteiger partial charge >= 0.3 is 15.6 Å². The average Bonchev–Trinajstić information content (AvgIpc) is 3.03. The first-order chi connectivity index (χ1) is 13.6. The standard InChI is InChI=1S/C20H23F3O5S/c1-2-18-8-9-19(26-10-11-27-19)13-15(18)5-3-4-14-12-16(6-7-17(14)18)28-29(24,25)20(21,22)23/h3-4,6-7,12,15H,2,5,8-11,13H2,1H3. The molecule has 0 aromatic heterocycles. The quantitative estimate of drug-likeness (QED) is 0.519. The van der Waals surface area contributed by atoms with Crippen LogP contribution in [0.15, 0.2) is 24.3 Å². The van der Waals surface area contributed by atoms with Crippen molar-refractivity contribution in [1.82, 2.24) is 0 Å². The Bertz CT molecular complexity index is 919. The lowest BCUT2D eigenvalue weighted by Crippen LogP contribution is -2.48. The van der Waals surface area contributed by atoms with Crippen molar-refractivity contribution < 1.29 is 35.2 Å². The van der Waals surface area contributed by atoms with Gasteiger partial charge in [0.15, 0.2) is 5.79 Å². The molecule has 2 fully saturated rings. The Hall–Kier alpha value is -1.58. The van der Waals surface area contributed by atoms with Gasteiger partial charge in [-0.2, -0.15) is 21.6 Å². The molecule has 160 valence electrons. The molecule has 1 saturated carbocycles. The van der Waals surface area contributed by atoms with Crippen LogP contribution in [0.2, 0.25) is 0 Å². The summed E-state index contributed by atoms with van der Waals surface area (Å²) in [5.41, 5.74) is -3.96. The molecule has 5 nitrogen and oxygen atoms in total. The maximum atomic E-state index is 12.7. The van der Waals surface area contributed by atoms with E-state index in [4.69, 9.17) is 9.47 Å². The number of halogens is 3. The minimum atomic E-state index is -5.70. The molecule has 2 aliphatic carbocycles. The second-order valence-electron chi connectivity index (χ2n) is 7.89. The lowest BCUT2D eigenvalue weighted by atomic mass is 9.58. The molecule has 4 rings (SSSR count). The van der Waals surface area contributed by atoms with Gasteiger partial charge < -0.3 is 13.7 Å². The predicted octanol–water partition coefficient (Wildman–Crippen LogP) is 4.52. The maximum absolute atomic E-state index is 12.7. The van der Waals surface area contributed by atoms with Gasteiger partial charge in [0, 0.05) is 12.8 Å². The van der Waals surface area contributed by atoms with Gasteiger partial charge in [0.2, 0.25) is 0 Å². The fourth-order valence-corrected chi connectivity index (χ4v) is 5.54. The Morgan fingerprint density at radius 2 is 1.93 bits per heavy atom. The molecule has 3 aliphatic rings. The summed E-state index contributed by atoms with van der Waals surface area (Å²) in [6.07, 6.45) is 7.78. The zero-order valence-corrected chi connectivity index (χ0v) is 16.8. The van der Waals surface area contributed by atoms with Crippen LogP contribution in [0.4, 0.5) is 13.2 Å². The summed E-state index contributed by atoms with van der Waals surface area (Å²) in [4.78, 5) is 0. The molecular formula is C20H23F3O5S. The van der Waals surface area contributed by atoms with Crippen LogP contribution in [0, 0.1) is 5.92 Å². The van der Waals surface area contributed by atoms with Crippen molar-refractivity contribution >= 4 is 16.2 Å². The zero-order valence-electron chi connectivity index (χ0n) is 16.0. The Morgan fingerprint density at radius 3 is 2.59 bits per heavy atom. The molecule has 1 spiro atoms. The molecule has 0 bridgehead atoms. The van der Waals surface area contributed by atoms with Crippen molar-refractivity contribution in [3.63, 3.8) is 0 Å². The van der Waals surface area contributed by atoms with Crippen molar-refractivity contribution in [2.45, 2.75) is 55.7 Å². The fraction of sp³-hybridized carbons (Fsp3) is 0.600. The van der Waals surface area contributed by atoms with Gasteiger partial charge in [0.05, 0.1) is 13.2 Å². The molecule has 2 unspecified atom stereocenters. The second kappa shape index (κ2) is 6.99. The number of fused-ring (bicyclic) bond motifs is 3. The Balaban J connectivity index is 1.69. The second-order valence-corrected chi connectivity index (χ2v) is 9.43. The van der Waals surface area contributed by atoms with E-state index in [1.807, 2.05) is 12.2 Å². The van der Waals surface area contributed by atoms with Crippen molar-refractivity contribution in [2.24, 2.45) is 5.92 Å². The Kier molecular flexibility index (Phi) is 4.99. The number of hydrogen-bond acceptors (Lipinski definition) is 5. The van der Waals surface area contributed by atoms with E-state index in [2.05, 4.69) is 11.1 Å². The topological polar surface area (TPSA) is 61.8 Å². The van der Waals surface area contributed by atoms with Crippen LogP contribution in [-0.2, 0) is 25.0 Å². The Labute approximate surface area is 168 Å². The molecule has 9 heteroatoms. The first-order valence-corrected chi connectivity index (χ1v) is 11.1. The fourth-order valence-electron chi connectivity index (χ4n) is 5.09. The van der Waals surface area contributed by atoms with Crippen LogP contribution in [0.3, 0.4) is 0 Å². The average molecular weight is 432 g/mol. The third-order valence-electron chi connectivity index (χ3n) is 6.50. The lowest BCUT2D eigenvalue weighted by Gasteiger charge is -2.49. The molecule has 1 saturated heterocycles.